The van der Waals surface area contributed by atoms with Crippen molar-refractivity contribution in [3.63, 3.8) is 0 Å². The van der Waals surface area contributed by atoms with E-state index in [2.05, 4.69) is 50.4 Å². The number of nitrogens with one attached hydrogen (secondary N) is 1. The third kappa shape index (κ3) is 2.28. The maximum atomic E-state index is 3.49. The van der Waals surface area contributed by atoms with Crippen LogP contribution in [-0.2, 0) is 5.41 Å². The van der Waals surface area contributed by atoms with Crippen molar-refractivity contribution >= 4 is 5.69 Å². The van der Waals surface area contributed by atoms with Crippen LogP contribution in [0.2, 0.25) is 0 Å². The van der Waals surface area contributed by atoms with E-state index in [1.807, 2.05) is 0 Å². The monoisotopic (exact) mass is 189 g/mol. The van der Waals surface area contributed by atoms with Crippen LogP contribution in [0.15, 0.2) is 24.3 Å². The molecule has 0 heterocycles. The number of anilines is 1. The number of rotatable bonds is 2. The minimum atomic E-state index is 0.262. The van der Waals surface area contributed by atoms with Gasteiger partial charge in [0, 0.05) is 11.7 Å². The van der Waals surface area contributed by atoms with Gasteiger partial charge in [0.1, 0.15) is 0 Å². The first-order chi connectivity index (χ1) is 6.55. The number of hydrogen-bond donors (Lipinski definition) is 1. The molecule has 1 aliphatic rings. The molecule has 0 aliphatic heterocycles. The lowest BCUT2D eigenvalue weighted by Gasteiger charge is -2.19. The Hall–Kier alpha value is -0.980. The average molecular weight is 189 g/mol. The van der Waals surface area contributed by atoms with Crippen molar-refractivity contribution in [3.8, 4) is 0 Å². The molecule has 0 spiro atoms. The zero-order chi connectivity index (χ0) is 10.2. The van der Waals surface area contributed by atoms with Crippen molar-refractivity contribution < 1.29 is 0 Å². The van der Waals surface area contributed by atoms with Gasteiger partial charge >= 0.3 is 0 Å². The standard InChI is InChI=1S/C13H19N/c1-13(2,3)10-4-6-11(7-5-10)14-12-8-9-12/h4-7,12,14H,8-9H2,1-3H3. The summed E-state index contributed by atoms with van der Waals surface area (Å²) < 4.78 is 0. The van der Waals surface area contributed by atoms with Crippen molar-refractivity contribution in [2.45, 2.75) is 45.1 Å². The SMILES string of the molecule is CC(C)(C)c1ccc(NC2CC2)cc1. The summed E-state index contributed by atoms with van der Waals surface area (Å²) >= 11 is 0. The molecule has 0 unspecified atom stereocenters. The second-order valence-electron chi connectivity index (χ2n) is 5.25. The van der Waals surface area contributed by atoms with Crippen LogP contribution in [0.5, 0.6) is 0 Å². The van der Waals surface area contributed by atoms with Crippen LogP contribution in [0.4, 0.5) is 5.69 Å². The highest BCUT2D eigenvalue weighted by molar-refractivity contribution is 5.47. The summed E-state index contributed by atoms with van der Waals surface area (Å²) in [6, 6.07) is 9.59. The van der Waals surface area contributed by atoms with Crippen molar-refractivity contribution in [3.05, 3.63) is 29.8 Å². The first-order valence-corrected chi connectivity index (χ1v) is 5.43. The molecule has 0 atom stereocenters. The Labute approximate surface area is 86.5 Å². The van der Waals surface area contributed by atoms with Gasteiger partial charge in [-0.3, -0.25) is 0 Å². The van der Waals surface area contributed by atoms with E-state index in [1.165, 1.54) is 24.1 Å². The van der Waals surface area contributed by atoms with Gasteiger partial charge < -0.3 is 5.32 Å². The first-order valence-electron chi connectivity index (χ1n) is 5.43. The van der Waals surface area contributed by atoms with E-state index >= 15 is 0 Å². The second kappa shape index (κ2) is 3.30. The van der Waals surface area contributed by atoms with Gasteiger partial charge in [0.15, 0.2) is 0 Å². The summed E-state index contributed by atoms with van der Waals surface area (Å²) in [5.41, 5.74) is 2.93. The van der Waals surface area contributed by atoms with E-state index < -0.39 is 0 Å². The third-order valence-electron chi connectivity index (χ3n) is 2.70. The molecule has 0 amide bonds. The molecule has 2 rings (SSSR count). The molecule has 76 valence electrons. The molecule has 1 aromatic rings. The molecule has 1 nitrogen and oxygen atoms in total. The Kier molecular flexibility index (Phi) is 2.26. The molecule has 1 heteroatoms. The van der Waals surface area contributed by atoms with E-state index in [0.29, 0.717) is 0 Å². The smallest absolute Gasteiger partial charge is 0.0342 e. The predicted molar refractivity (Wildman–Crippen MR) is 61.8 cm³/mol. The van der Waals surface area contributed by atoms with E-state index in [0.717, 1.165) is 6.04 Å². The molecule has 1 fully saturated rings. The highest BCUT2D eigenvalue weighted by Gasteiger charge is 2.20. The minimum absolute atomic E-state index is 0.262. The molecule has 0 saturated heterocycles. The van der Waals surface area contributed by atoms with Crippen LogP contribution >= 0.6 is 0 Å². The zero-order valence-electron chi connectivity index (χ0n) is 9.30. The fourth-order valence-electron chi connectivity index (χ4n) is 1.53. The van der Waals surface area contributed by atoms with E-state index in [1.54, 1.807) is 0 Å². The quantitative estimate of drug-likeness (QED) is 0.750. The summed E-state index contributed by atoms with van der Waals surface area (Å²) in [4.78, 5) is 0. The molecule has 1 N–H and O–H groups in total. The summed E-state index contributed by atoms with van der Waals surface area (Å²) in [6.45, 7) is 6.74. The number of hydrogen-bond acceptors (Lipinski definition) is 1. The fraction of sp³-hybridized carbons (Fsp3) is 0.538. The fourth-order valence-corrected chi connectivity index (χ4v) is 1.53. The topological polar surface area (TPSA) is 12.0 Å². The molecule has 1 aliphatic carbocycles. The van der Waals surface area contributed by atoms with Crippen LogP contribution in [0.25, 0.3) is 0 Å². The zero-order valence-corrected chi connectivity index (χ0v) is 9.30. The van der Waals surface area contributed by atoms with Crippen LogP contribution in [-0.4, -0.2) is 6.04 Å². The van der Waals surface area contributed by atoms with Crippen LogP contribution in [0.1, 0.15) is 39.2 Å². The highest BCUT2D eigenvalue weighted by atomic mass is 14.9. The maximum Gasteiger partial charge on any atom is 0.0342 e. The van der Waals surface area contributed by atoms with E-state index in [4.69, 9.17) is 0 Å². The Balaban J connectivity index is 2.08. The Morgan fingerprint density at radius 2 is 1.64 bits per heavy atom. The normalized spacial score (nSPS) is 16.8. The Morgan fingerprint density at radius 3 is 2.07 bits per heavy atom. The number of benzene rings is 1. The maximum absolute atomic E-state index is 3.49. The molecule has 1 saturated carbocycles. The average Bonchev–Trinajstić information content (AvgIpc) is 2.88. The van der Waals surface area contributed by atoms with Gasteiger partial charge in [0.2, 0.25) is 0 Å². The van der Waals surface area contributed by atoms with Gasteiger partial charge in [-0.2, -0.15) is 0 Å². The van der Waals surface area contributed by atoms with Gasteiger partial charge in [-0.15, -0.1) is 0 Å². The first kappa shape index (κ1) is 9.57. The lowest BCUT2D eigenvalue weighted by molar-refractivity contribution is 0.590. The minimum Gasteiger partial charge on any atom is -0.382 e. The lowest BCUT2D eigenvalue weighted by atomic mass is 9.87. The Morgan fingerprint density at radius 1 is 1.07 bits per heavy atom. The molecular formula is C13H19N. The summed E-state index contributed by atoms with van der Waals surface area (Å²) in [6.07, 6.45) is 2.67. The van der Waals surface area contributed by atoms with Gasteiger partial charge in [0.25, 0.3) is 0 Å². The van der Waals surface area contributed by atoms with E-state index in [-0.39, 0.29) is 5.41 Å². The van der Waals surface area contributed by atoms with Crippen molar-refractivity contribution in [2.24, 2.45) is 0 Å². The van der Waals surface area contributed by atoms with Crippen molar-refractivity contribution in [1.29, 1.82) is 0 Å². The van der Waals surface area contributed by atoms with Gasteiger partial charge in [-0.25, -0.2) is 0 Å². The Bertz CT molecular complexity index is 301. The van der Waals surface area contributed by atoms with E-state index in [9.17, 15) is 0 Å². The van der Waals surface area contributed by atoms with Crippen molar-refractivity contribution in [1.82, 2.24) is 0 Å². The summed E-state index contributed by atoms with van der Waals surface area (Å²) in [7, 11) is 0. The van der Waals surface area contributed by atoms with Crippen LogP contribution < -0.4 is 5.32 Å². The van der Waals surface area contributed by atoms with Crippen molar-refractivity contribution in [2.75, 3.05) is 5.32 Å². The summed E-state index contributed by atoms with van der Waals surface area (Å²) in [5, 5.41) is 3.49. The molecule has 0 radical (unpaired) electrons. The predicted octanol–water partition coefficient (Wildman–Crippen LogP) is 3.56. The molecule has 1 aromatic carbocycles. The lowest BCUT2D eigenvalue weighted by Crippen LogP contribution is -2.11. The van der Waals surface area contributed by atoms with Gasteiger partial charge in [-0.05, 0) is 36.0 Å². The van der Waals surface area contributed by atoms with Gasteiger partial charge in [-0.1, -0.05) is 32.9 Å². The van der Waals surface area contributed by atoms with Gasteiger partial charge in [0.05, 0.1) is 0 Å². The highest BCUT2D eigenvalue weighted by Crippen LogP contribution is 2.27. The molecular weight excluding hydrogens is 170 g/mol. The van der Waals surface area contributed by atoms with Crippen LogP contribution in [0.3, 0.4) is 0 Å². The largest absolute Gasteiger partial charge is 0.382 e. The molecule has 0 bridgehead atoms. The summed E-state index contributed by atoms with van der Waals surface area (Å²) in [5.74, 6) is 0. The van der Waals surface area contributed by atoms with Crippen LogP contribution in [0, 0.1) is 0 Å². The second-order valence-corrected chi connectivity index (χ2v) is 5.25. The molecule has 0 aromatic heterocycles. The molecule has 14 heavy (non-hydrogen) atoms. The third-order valence-corrected chi connectivity index (χ3v) is 2.70.